The summed E-state index contributed by atoms with van der Waals surface area (Å²) in [6.07, 6.45) is 7.23. The number of anilines is 1. The van der Waals surface area contributed by atoms with E-state index < -0.39 is 5.60 Å². The molecule has 0 bridgehead atoms. The standard InChI is InChI=1S/C19H23N5O2/c1-19(2,3)26-18(25)23-9-5-6-15-17(23)24-12-13(7-8-16(24)21-15)14-10-20-22(4)11-14/h7-8,10-12H,5-6,9H2,1-4H3. The summed E-state index contributed by atoms with van der Waals surface area (Å²) in [5, 5.41) is 4.24. The van der Waals surface area contributed by atoms with Crippen LogP contribution in [0.25, 0.3) is 16.8 Å². The average molecular weight is 353 g/mol. The molecule has 0 N–H and O–H groups in total. The van der Waals surface area contributed by atoms with Crippen LogP contribution in [0.15, 0.2) is 30.7 Å². The van der Waals surface area contributed by atoms with Crippen molar-refractivity contribution >= 4 is 17.6 Å². The van der Waals surface area contributed by atoms with Crippen molar-refractivity contribution in [3.63, 3.8) is 0 Å². The Labute approximate surface area is 152 Å². The largest absolute Gasteiger partial charge is 0.443 e. The minimum atomic E-state index is -0.532. The molecule has 1 aliphatic heterocycles. The minimum Gasteiger partial charge on any atom is -0.443 e. The molecule has 0 aromatic carbocycles. The Morgan fingerprint density at radius 3 is 2.69 bits per heavy atom. The smallest absolute Gasteiger partial charge is 0.416 e. The second-order valence-corrected chi connectivity index (χ2v) is 7.67. The molecule has 1 aliphatic rings. The Bertz CT molecular complexity index is 980. The predicted octanol–water partition coefficient (Wildman–Crippen LogP) is 3.42. The van der Waals surface area contributed by atoms with E-state index in [-0.39, 0.29) is 6.09 Å². The van der Waals surface area contributed by atoms with Crippen LogP contribution >= 0.6 is 0 Å². The third kappa shape index (κ3) is 2.94. The molecule has 7 nitrogen and oxygen atoms in total. The van der Waals surface area contributed by atoms with E-state index in [9.17, 15) is 4.79 Å². The molecule has 4 rings (SSSR count). The first-order valence-electron chi connectivity index (χ1n) is 8.82. The molecule has 136 valence electrons. The fourth-order valence-corrected chi connectivity index (χ4v) is 3.28. The summed E-state index contributed by atoms with van der Waals surface area (Å²) in [4.78, 5) is 19.1. The summed E-state index contributed by atoms with van der Waals surface area (Å²) in [6, 6.07) is 4.01. The van der Waals surface area contributed by atoms with Crippen molar-refractivity contribution in [1.82, 2.24) is 19.2 Å². The summed E-state index contributed by atoms with van der Waals surface area (Å²) >= 11 is 0. The molecule has 7 heteroatoms. The van der Waals surface area contributed by atoms with Crippen LogP contribution < -0.4 is 4.90 Å². The van der Waals surface area contributed by atoms with Crippen LogP contribution in [0, 0.1) is 0 Å². The van der Waals surface area contributed by atoms with Crippen LogP contribution in [-0.2, 0) is 18.2 Å². The molecule has 0 saturated carbocycles. The van der Waals surface area contributed by atoms with E-state index in [0.29, 0.717) is 6.54 Å². The fraction of sp³-hybridized carbons (Fsp3) is 0.421. The highest BCUT2D eigenvalue weighted by Gasteiger charge is 2.31. The number of hydrogen-bond donors (Lipinski definition) is 0. The van der Waals surface area contributed by atoms with Crippen LogP contribution in [0.4, 0.5) is 10.6 Å². The lowest BCUT2D eigenvalue weighted by Gasteiger charge is -2.29. The van der Waals surface area contributed by atoms with Crippen LogP contribution in [-0.4, -0.2) is 37.4 Å². The Hall–Kier alpha value is -2.83. The second kappa shape index (κ2) is 5.86. The van der Waals surface area contributed by atoms with E-state index in [4.69, 9.17) is 9.72 Å². The van der Waals surface area contributed by atoms with E-state index in [2.05, 4.69) is 5.10 Å². The molecular weight excluding hydrogens is 330 g/mol. The number of rotatable bonds is 1. The van der Waals surface area contributed by atoms with Gasteiger partial charge < -0.3 is 4.74 Å². The molecule has 3 aromatic heterocycles. The Kier molecular flexibility index (Phi) is 3.75. The number of hydrogen-bond acceptors (Lipinski definition) is 4. The number of nitrogens with zero attached hydrogens (tertiary/aromatic N) is 5. The number of pyridine rings is 1. The van der Waals surface area contributed by atoms with Crippen molar-refractivity contribution in [3.8, 4) is 11.1 Å². The number of amides is 1. The van der Waals surface area contributed by atoms with Gasteiger partial charge in [0, 0.05) is 37.1 Å². The summed E-state index contributed by atoms with van der Waals surface area (Å²) in [6.45, 7) is 6.27. The van der Waals surface area contributed by atoms with Crippen LogP contribution in [0.3, 0.4) is 0 Å². The molecule has 0 radical (unpaired) electrons. The zero-order chi connectivity index (χ0) is 18.5. The quantitative estimate of drug-likeness (QED) is 0.672. The van der Waals surface area contributed by atoms with Gasteiger partial charge in [-0.3, -0.25) is 14.0 Å². The summed E-state index contributed by atoms with van der Waals surface area (Å²) in [5.74, 6) is 0.811. The molecule has 1 amide bonds. The summed E-state index contributed by atoms with van der Waals surface area (Å²) in [7, 11) is 1.89. The monoisotopic (exact) mass is 353 g/mol. The lowest BCUT2D eigenvalue weighted by Crippen LogP contribution is -2.40. The maximum Gasteiger partial charge on any atom is 0.416 e. The van der Waals surface area contributed by atoms with Crippen molar-refractivity contribution < 1.29 is 9.53 Å². The van der Waals surface area contributed by atoms with Crippen molar-refractivity contribution in [2.24, 2.45) is 7.05 Å². The van der Waals surface area contributed by atoms with E-state index in [1.165, 1.54) is 0 Å². The first-order chi connectivity index (χ1) is 12.3. The van der Waals surface area contributed by atoms with E-state index in [1.807, 2.05) is 62.9 Å². The number of carbonyl (C=O) groups excluding carboxylic acids is 1. The predicted molar refractivity (Wildman–Crippen MR) is 99.3 cm³/mol. The highest BCUT2D eigenvalue weighted by atomic mass is 16.6. The highest BCUT2D eigenvalue weighted by molar-refractivity contribution is 5.89. The number of carbonyl (C=O) groups is 1. The molecular formula is C19H23N5O2. The van der Waals surface area contributed by atoms with Gasteiger partial charge in [-0.05, 0) is 45.7 Å². The maximum absolute atomic E-state index is 12.7. The zero-order valence-electron chi connectivity index (χ0n) is 15.6. The van der Waals surface area contributed by atoms with Crippen molar-refractivity contribution in [3.05, 3.63) is 36.4 Å². The van der Waals surface area contributed by atoms with Crippen LogP contribution in [0.2, 0.25) is 0 Å². The Morgan fingerprint density at radius 2 is 2.00 bits per heavy atom. The summed E-state index contributed by atoms with van der Waals surface area (Å²) < 4.78 is 9.36. The summed E-state index contributed by atoms with van der Waals surface area (Å²) in [5.41, 5.74) is 3.29. The van der Waals surface area contributed by atoms with E-state index in [0.717, 1.165) is 41.1 Å². The van der Waals surface area contributed by atoms with Crippen molar-refractivity contribution in [2.75, 3.05) is 11.4 Å². The fourth-order valence-electron chi connectivity index (χ4n) is 3.28. The molecule has 3 aromatic rings. The SMILES string of the molecule is Cn1cc(-c2ccc3nc4c(n3c2)N(C(=O)OC(C)(C)C)CCC4)cn1. The van der Waals surface area contributed by atoms with Gasteiger partial charge in [-0.2, -0.15) is 5.10 Å². The third-order valence-electron chi connectivity index (χ3n) is 4.37. The minimum absolute atomic E-state index is 0.327. The Morgan fingerprint density at radius 1 is 1.19 bits per heavy atom. The molecule has 0 aliphatic carbocycles. The van der Waals surface area contributed by atoms with Gasteiger partial charge in [-0.1, -0.05) is 0 Å². The van der Waals surface area contributed by atoms with Gasteiger partial charge in [-0.25, -0.2) is 9.78 Å². The van der Waals surface area contributed by atoms with E-state index >= 15 is 0 Å². The molecule has 0 spiro atoms. The Balaban J connectivity index is 1.80. The third-order valence-corrected chi connectivity index (χ3v) is 4.37. The maximum atomic E-state index is 12.7. The highest BCUT2D eigenvalue weighted by Crippen LogP contribution is 2.31. The molecule has 0 saturated heterocycles. The number of aryl methyl sites for hydroxylation is 2. The van der Waals surface area contributed by atoms with Gasteiger partial charge in [0.05, 0.1) is 11.9 Å². The molecule has 0 atom stereocenters. The first kappa shape index (κ1) is 16.6. The van der Waals surface area contributed by atoms with Crippen LogP contribution in [0.1, 0.15) is 32.9 Å². The molecule has 4 heterocycles. The van der Waals surface area contributed by atoms with Gasteiger partial charge >= 0.3 is 6.09 Å². The molecule has 0 unspecified atom stereocenters. The first-order valence-corrected chi connectivity index (χ1v) is 8.82. The average Bonchev–Trinajstić information content (AvgIpc) is 3.15. The van der Waals surface area contributed by atoms with Gasteiger partial charge in [0.2, 0.25) is 0 Å². The number of imidazole rings is 1. The van der Waals surface area contributed by atoms with Gasteiger partial charge in [0.1, 0.15) is 17.1 Å². The van der Waals surface area contributed by atoms with Crippen molar-refractivity contribution in [1.29, 1.82) is 0 Å². The second-order valence-electron chi connectivity index (χ2n) is 7.67. The number of fused-ring (bicyclic) bond motifs is 3. The topological polar surface area (TPSA) is 64.7 Å². The zero-order valence-corrected chi connectivity index (χ0v) is 15.6. The number of aromatic nitrogens is 4. The molecule has 0 fully saturated rings. The van der Waals surface area contributed by atoms with Gasteiger partial charge in [-0.15, -0.1) is 0 Å². The number of ether oxygens (including phenoxy) is 1. The van der Waals surface area contributed by atoms with Crippen LogP contribution in [0.5, 0.6) is 0 Å². The van der Waals surface area contributed by atoms with Crippen molar-refractivity contribution in [2.45, 2.75) is 39.2 Å². The van der Waals surface area contributed by atoms with E-state index in [1.54, 1.807) is 9.58 Å². The normalized spacial score (nSPS) is 14.5. The lowest BCUT2D eigenvalue weighted by atomic mass is 10.1. The molecule has 26 heavy (non-hydrogen) atoms. The lowest BCUT2D eigenvalue weighted by molar-refractivity contribution is 0.0576. The van der Waals surface area contributed by atoms with Gasteiger partial charge in [0.15, 0.2) is 0 Å². The van der Waals surface area contributed by atoms with Gasteiger partial charge in [0.25, 0.3) is 0 Å².